The lowest BCUT2D eigenvalue weighted by molar-refractivity contribution is 0.660. The van der Waals surface area contributed by atoms with E-state index in [-0.39, 0.29) is 5.41 Å². The van der Waals surface area contributed by atoms with E-state index < -0.39 is 0 Å². The molecule has 0 saturated carbocycles. The molecule has 0 aliphatic heterocycles. The van der Waals surface area contributed by atoms with Gasteiger partial charge in [0.15, 0.2) is 0 Å². The smallest absolute Gasteiger partial charge is 0.144 e. The van der Waals surface area contributed by atoms with Crippen molar-refractivity contribution in [2.45, 2.75) is 19.3 Å². The molecular formula is C55H37NO2. The third kappa shape index (κ3) is 4.80. The molecule has 0 bridgehead atoms. The SMILES string of the molecule is CC1(C)c2ccccc2-c2ccc(N(c3ccc4ccccc4c3)c3cccc4oc5c(-c6ccc(-c7ccccc7)cc6)c6c(cc5c34)oc3ccccc36)cc21. The second-order valence-corrected chi connectivity index (χ2v) is 16.1. The second-order valence-electron chi connectivity index (χ2n) is 16.1. The number of fused-ring (bicyclic) bond motifs is 10. The zero-order valence-electron chi connectivity index (χ0n) is 32.2. The summed E-state index contributed by atoms with van der Waals surface area (Å²) in [7, 11) is 0. The summed E-state index contributed by atoms with van der Waals surface area (Å²) in [5, 5.41) is 6.58. The Balaban J connectivity index is 1.14. The highest BCUT2D eigenvalue weighted by Crippen LogP contribution is 2.53. The highest BCUT2D eigenvalue weighted by atomic mass is 16.3. The zero-order chi connectivity index (χ0) is 38.5. The quantitative estimate of drug-likeness (QED) is 0.176. The molecule has 0 spiro atoms. The van der Waals surface area contributed by atoms with Crippen LogP contribution >= 0.6 is 0 Å². The number of para-hydroxylation sites is 1. The van der Waals surface area contributed by atoms with Gasteiger partial charge in [0, 0.05) is 38.5 Å². The van der Waals surface area contributed by atoms with Crippen LogP contribution in [0.15, 0.2) is 197 Å². The molecule has 0 atom stereocenters. The normalized spacial score (nSPS) is 13.1. The summed E-state index contributed by atoms with van der Waals surface area (Å²) in [6.45, 7) is 4.69. The van der Waals surface area contributed by atoms with Gasteiger partial charge < -0.3 is 13.7 Å². The number of furan rings is 2. The molecule has 0 saturated heterocycles. The standard InChI is InChI=1S/C55H37NO2/c1-55(2)45-19-10-8-17-41(45)42-30-29-40(32-46(42)55)56(39-28-27-35-15-6-7-16-38(35)31-39)47-20-12-22-49-52(47)44-33-50-53(43-18-9-11-21-48(43)57-50)51(54(44)58-49)37-25-23-36(24-26-37)34-13-4-3-5-14-34/h3-33H,1-2H3. The molecule has 58 heavy (non-hydrogen) atoms. The molecule has 1 aliphatic rings. The molecule has 0 amide bonds. The molecule has 0 N–H and O–H groups in total. The molecule has 1 aliphatic carbocycles. The van der Waals surface area contributed by atoms with Gasteiger partial charge in [0.05, 0.1) is 11.1 Å². The van der Waals surface area contributed by atoms with Gasteiger partial charge in [-0.05, 0) is 98.2 Å². The molecule has 0 unspecified atom stereocenters. The van der Waals surface area contributed by atoms with Crippen molar-refractivity contribution in [2.24, 2.45) is 0 Å². The first-order chi connectivity index (χ1) is 28.5. The predicted molar refractivity (Wildman–Crippen MR) is 242 cm³/mol. The van der Waals surface area contributed by atoms with Gasteiger partial charge in [0.1, 0.15) is 22.3 Å². The van der Waals surface area contributed by atoms with E-state index in [1.807, 2.05) is 6.07 Å². The van der Waals surface area contributed by atoms with Crippen LogP contribution < -0.4 is 4.90 Å². The Hall–Kier alpha value is -7.36. The summed E-state index contributed by atoms with van der Waals surface area (Å²) in [4.78, 5) is 2.42. The first-order valence-corrected chi connectivity index (χ1v) is 20.0. The highest BCUT2D eigenvalue weighted by molar-refractivity contribution is 6.25. The third-order valence-electron chi connectivity index (χ3n) is 12.4. The van der Waals surface area contributed by atoms with Crippen LogP contribution in [0.25, 0.3) is 88.0 Å². The topological polar surface area (TPSA) is 29.5 Å². The van der Waals surface area contributed by atoms with E-state index in [0.29, 0.717) is 0 Å². The minimum Gasteiger partial charge on any atom is -0.456 e. The van der Waals surface area contributed by atoms with E-state index in [4.69, 9.17) is 8.83 Å². The number of benzene rings is 9. The monoisotopic (exact) mass is 743 g/mol. The lowest BCUT2D eigenvalue weighted by Gasteiger charge is -2.29. The van der Waals surface area contributed by atoms with E-state index in [1.165, 1.54) is 44.2 Å². The first-order valence-electron chi connectivity index (χ1n) is 20.0. The molecule has 0 radical (unpaired) electrons. The second kappa shape index (κ2) is 12.3. The number of nitrogens with zero attached hydrogens (tertiary/aromatic N) is 1. The van der Waals surface area contributed by atoms with Crippen LogP contribution in [0, 0.1) is 0 Å². The predicted octanol–water partition coefficient (Wildman–Crippen LogP) is 15.7. The van der Waals surface area contributed by atoms with Gasteiger partial charge in [-0.2, -0.15) is 0 Å². The lowest BCUT2D eigenvalue weighted by Crippen LogP contribution is -2.16. The van der Waals surface area contributed by atoms with Crippen LogP contribution in [-0.4, -0.2) is 0 Å². The molecule has 9 aromatic carbocycles. The Morgan fingerprint density at radius 2 is 1.09 bits per heavy atom. The van der Waals surface area contributed by atoms with Gasteiger partial charge >= 0.3 is 0 Å². The fourth-order valence-corrected chi connectivity index (χ4v) is 9.64. The van der Waals surface area contributed by atoms with E-state index in [9.17, 15) is 0 Å². The minimum atomic E-state index is -0.150. The summed E-state index contributed by atoms with van der Waals surface area (Å²) in [5.41, 5.74) is 16.2. The Bertz CT molecular complexity index is 3420. The van der Waals surface area contributed by atoms with Gasteiger partial charge in [0.2, 0.25) is 0 Å². The van der Waals surface area contributed by atoms with E-state index in [0.717, 1.165) is 72.1 Å². The zero-order valence-corrected chi connectivity index (χ0v) is 32.2. The largest absolute Gasteiger partial charge is 0.456 e. The van der Waals surface area contributed by atoms with Gasteiger partial charge in [-0.15, -0.1) is 0 Å². The molecule has 3 heteroatoms. The van der Waals surface area contributed by atoms with Crippen LogP contribution in [0.5, 0.6) is 0 Å². The van der Waals surface area contributed by atoms with Crippen molar-refractivity contribution in [3.63, 3.8) is 0 Å². The fraction of sp³-hybridized carbons (Fsp3) is 0.0545. The summed E-state index contributed by atoms with van der Waals surface area (Å²) in [6, 6.07) is 67.6. The van der Waals surface area contributed by atoms with Crippen LogP contribution in [0.4, 0.5) is 17.1 Å². The van der Waals surface area contributed by atoms with Crippen molar-refractivity contribution in [1.29, 1.82) is 0 Å². The fourth-order valence-electron chi connectivity index (χ4n) is 9.64. The first kappa shape index (κ1) is 32.8. The van der Waals surface area contributed by atoms with Crippen LogP contribution in [0.3, 0.4) is 0 Å². The number of hydrogen-bond acceptors (Lipinski definition) is 3. The van der Waals surface area contributed by atoms with E-state index >= 15 is 0 Å². The van der Waals surface area contributed by atoms with Gasteiger partial charge in [-0.25, -0.2) is 0 Å². The molecule has 0 fully saturated rings. The molecule has 11 aromatic rings. The number of hydrogen-bond donors (Lipinski definition) is 0. The summed E-state index contributed by atoms with van der Waals surface area (Å²) in [6.07, 6.45) is 0. The average Bonchev–Trinajstić information content (AvgIpc) is 3.91. The molecule has 3 nitrogen and oxygen atoms in total. The molecule has 274 valence electrons. The van der Waals surface area contributed by atoms with Gasteiger partial charge in [-0.1, -0.05) is 153 Å². The average molecular weight is 744 g/mol. The lowest BCUT2D eigenvalue weighted by atomic mass is 9.82. The molecule has 2 aromatic heterocycles. The summed E-state index contributed by atoms with van der Waals surface area (Å²) in [5.74, 6) is 0. The van der Waals surface area contributed by atoms with Crippen molar-refractivity contribution in [1.82, 2.24) is 0 Å². The number of anilines is 3. The highest BCUT2D eigenvalue weighted by Gasteiger charge is 2.36. The summed E-state index contributed by atoms with van der Waals surface area (Å²) < 4.78 is 13.8. The van der Waals surface area contributed by atoms with Gasteiger partial charge in [-0.3, -0.25) is 0 Å². The van der Waals surface area contributed by atoms with Crippen molar-refractivity contribution in [2.75, 3.05) is 4.90 Å². The van der Waals surface area contributed by atoms with Crippen molar-refractivity contribution in [3.8, 4) is 33.4 Å². The Kier molecular flexibility index (Phi) is 6.98. The van der Waals surface area contributed by atoms with Crippen LogP contribution in [0.1, 0.15) is 25.0 Å². The molecule has 12 rings (SSSR count). The van der Waals surface area contributed by atoms with Gasteiger partial charge in [0.25, 0.3) is 0 Å². The third-order valence-corrected chi connectivity index (χ3v) is 12.4. The Labute approximate surface area is 336 Å². The van der Waals surface area contributed by atoms with Crippen molar-refractivity contribution < 1.29 is 8.83 Å². The summed E-state index contributed by atoms with van der Waals surface area (Å²) >= 11 is 0. The maximum Gasteiger partial charge on any atom is 0.144 e. The maximum atomic E-state index is 7.09. The molecular weight excluding hydrogens is 707 g/mol. The van der Waals surface area contributed by atoms with E-state index in [2.05, 4.69) is 201 Å². The van der Waals surface area contributed by atoms with Crippen molar-refractivity contribution >= 4 is 71.7 Å². The molecule has 2 heterocycles. The Morgan fingerprint density at radius 3 is 1.97 bits per heavy atom. The minimum absolute atomic E-state index is 0.150. The van der Waals surface area contributed by atoms with Crippen LogP contribution in [-0.2, 0) is 5.41 Å². The van der Waals surface area contributed by atoms with Crippen LogP contribution in [0.2, 0.25) is 0 Å². The Morgan fingerprint density at radius 1 is 0.414 bits per heavy atom. The number of rotatable bonds is 5. The van der Waals surface area contributed by atoms with E-state index in [1.54, 1.807) is 0 Å². The van der Waals surface area contributed by atoms with Crippen molar-refractivity contribution in [3.05, 3.63) is 199 Å². The maximum absolute atomic E-state index is 7.09.